The van der Waals surface area contributed by atoms with E-state index in [9.17, 15) is 4.79 Å². The second-order valence-electron chi connectivity index (χ2n) is 3.14. The van der Waals surface area contributed by atoms with E-state index in [0.717, 1.165) is 17.9 Å². The molecule has 1 amide bonds. The quantitative estimate of drug-likeness (QED) is 0.746. The normalized spacial score (nSPS) is 9.93. The van der Waals surface area contributed by atoms with Crippen LogP contribution in [0.15, 0.2) is 6.20 Å². The van der Waals surface area contributed by atoms with E-state index in [0.29, 0.717) is 0 Å². The smallest absolute Gasteiger partial charge is 0.268 e. The van der Waals surface area contributed by atoms with Crippen molar-refractivity contribution in [3.8, 4) is 0 Å². The Morgan fingerprint density at radius 1 is 1.57 bits per heavy atom. The Balaban J connectivity index is 3.18. The zero-order chi connectivity index (χ0) is 10.7. The minimum atomic E-state index is -0.544. The summed E-state index contributed by atoms with van der Waals surface area (Å²) in [6, 6.07) is 0. The maximum atomic E-state index is 10.9. The lowest BCUT2D eigenvalue weighted by atomic mass is 10.3. The molecule has 5 heteroatoms. The topological polar surface area (TPSA) is 72.1 Å². The van der Waals surface area contributed by atoms with Crippen LogP contribution in [0.2, 0.25) is 0 Å². The first-order valence-electron chi connectivity index (χ1n) is 4.39. The summed E-state index contributed by atoms with van der Waals surface area (Å²) >= 11 is 0. The van der Waals surface area contributed by atoms with Crippen molar-refractivity contribution >= 4 is 11.7 Å². The number of carbonyl (C=O) groups excluding carboxylic acids is 1. The van der Waals surface area contributed by atoms with Crippen molar-refractivity contribution in [2.24, 2.45) is 5.73 Å². The van der Waals surface area contributed by atoms with Crippen LogP contribution >= 0.6 is 0 Å². The molecule has 0 radical (unpaired) electrons. The summed E-state index contributed by atoms with van der Waals surface area (Å²) in [5, 5.41) is 0. The molecular formula is C9H14N4O. The van der Waals surface area contributed by atoms with E-state index in [1.54, 1.807) is 0 Å². The van der Waals surface area contributed by atoms with Crippen molar-refractivity contribution in [2.75, 3.05) is 19.0 Å². The van der Waals surface area contributed by atoms with Gasteiger partial charge in [-0.3, -0.25) is 4.79 Å². The Morgan fingerprint density at radius 3 is 2.64 bits per heavy atom. The number of nitrogens with two attached hydrogens (primary N) is 1. The molecule has 0 unspecified atom stereocenters. The van der Waals surface area contributed by atoms with Crippen LogP contribution in [0.4, 0.5) is 5.82 Å². The van der Waals surface area contributed by atoms with Gasteiger partial charge in [0.1, 0.15) is 11.5 Å². The van der Waals surface area contributed by atoms with Gasteiger partial charge in [0.05, 0.1) is 11.9 Å². The van der Waals surface area contributed by atoms with Gasteiger partial charge in [0, 0.05) is 14.1 Å². The summed E-state index contributed by atoms with van der Waals surface area (Å²) < 4.78 is 0. The van der Waals surface area contributed by atoms with E-state index < -0.39 is 5.91 Å². The molecule has 0 atom stereocenters. The van der Waals surface area contributed by atoms with Crippen molar-refractivity contribution in [3.05, 3.63) is 17.6 Å². The minimum absolute atomic E-state index is 0.215. The number of amides is 1. The molecule has 1 aromatic heterocycles. The summed E-state index contributed by atoms with van der Waals surface area (Å²) in [5.74, 6) is 0.231. The Bertz CT molecular complexity index is 349. The van der Waals surface area contributed by atoms with Gasteiger partial charge in [0.15, 0.2) is 0 Å². The average Bonchev–Trinajstić information content (AvgIpc) is 2.16. The monoisotopic (exact) mass is 194 g/mol. The molecule has 0 aliphatic rings. The first-order valence-corrected chi connectivity index (χ1v) is 4.39. The molecule has 0 spiro atoms. The maximum Gasteiger partial charge on any atom is 0.268 e. The molecule has 0 fully saturated rings. The van der Waals surface area contributed by atoms with Crippen LogP contribution in [0, 0.1) is 0 Å². The maximum absolute atomic E-state index is 10.9. The third-order valence-electron chi connectivity index (χ3n) is 1.83. The third-order valence-corrected chi connectivity index (χ3v) is 1.83. The summed E-state index contributed by atoms with van der Waals surface area (Å²) in [6.45, 7) is 1.96. The highest BCUT2D eigenvalue weighted by atomic mass is 16.1. The molecule has 1 aromatic rings. The van der Waals surface area contributed by atoms with E-state index in [2.05, 4.69) is 9.97 Å². The Hall–Kier alpha value is -1.65. The van der Waals surface area contributed by atoms with Crippen LogP contribution in [-0.4, -0.2) is 30.0 Å². The number of hydrogen-bond donors (Lipinski definition) is 1. The van der Waals surface area contributed by atoms with E-state index in [1.165, 1.54) is 6.20 Å². The summed E-state index contributed by atoms with van der Waals surface area (Å²) in [4.78, 5) is 21.0. The standard InChI is InChI=1S/C9H14N4O/c1-4-6-9(13(2)3)11-5-7(12-6)8(10)14/h5H,4H2,1-3H3,(H2,10,14). The molecule has 1 rings (SSSR count). The first-order chi connectivity index (χ1) is 6.56. The molecule has 0 bridgehead atoms. The van der Waals surface area contributed by atoms with Crippen molar-refractivity contribution in [1.82, 2.24) is 9.97 Å². The molecule has 0 aliphatic carbocycles. The summed E-state index contributed by atoms with van der Waals surface area (Å²) in [7, 11) is 3.76. The van der Waals surface area contributed by atoms with E-state index >= 15 is 0 Å². The Kier molecular flexibility index (Phi) is 3.01. The number of rotatable bonds is 3. The SMILES string of the molecule is CCc1nc(C(N)=O)cnc1N(C)C. The molecule has 2 N–H and O–H groups in total. The fourth-order valence-electron chi connectivity index (χ4n) is 1.15. The highest BCUT2D eigenvalue weighted by Gasteiger charge is 2.10. The Labute approximate surface area is 83.0 Å². The van der Waals surface area contributed by atoms with Crippen molar-refractivity contribution in [3.63, 3.8) is 0 Å². The van der Waals surface area contributed by atoms with Gasteiger partial charge in [0.2, 0.25) is 0 Å². The highest BCUT2D eigenvalue weighted by Crippen LogP contribution is 2.13. The van der Waals surface area contributed by atoms with Crippen molar-refractivity contribution < 1.29 is 4.79 Å². The largest absolute Gasteiger partial charge is 0.364 e. The van der Waals surface area contributed by atoms with Gasteiger partial charge in [-0.1, -0.05) is 6.92 Å². The van der Waals surface area contributed by atoms with Crippen LogP contribution in [-0.2, 0) is 6.42 Å². The fourth-order valence-corrected chi connectivity index (χ4v) is 1.15. The highest BCUT2D eigenvalue weighted by molar-refractivity contribution is 5.90. The Morgan fingerprint density at radius 2 is 2.21 bits per heavy atom. The summed E-state index contributed by atoms with van der Waals surface area (Å²) in [5.41, 5.74) is 6.11. The van der Waals surface area contributed by atoms with Crippen LogP contribution in [0.1, 0.15) is 23.1 Å². The molecular weight excluding hydrogens is 180 g/mol. The lowest BCUT2D eigenvalue weighted by Crippen LogP contribution is -2.19. The van der Waals surface area contributed by atoms with Crippen molar-refractivity contribution in [2.45, 2.75) is 13.3 Å². The molecule has 1 heterocycles. The number of carbonyl (C=O) groups is 1. The zero-order valence-electron chi connectivity index (χ0n) is 8.61. The van der Waals surface area contributed by atoms with Crippen LogP contribution < -0.4 is 10.6 Å². The van der Waals surface area contributed by atoms with Gasteiger partial charge in [-0.15, -0.1) is 0 Å². The molecule has 14 heavy (non-hydrogen) atoms. The number of primary amides is 1. The van der Waals surface area contributed by atoms with E-state index in [1.807, 2.05) is 25.9 Å². The molecule has 0 saturated heterocycles. The van der Waals surface area contributed by atoms with E-state index in [4.69, 9.17) is 5.73 Å². The first kappa shape index (κ1) is 10.4. The summed E-state index contributed by atoms with van der Waals surface area (Å²) in [6.07, 6.45) is 2.12. The van der Waals surface area contributed by atoms with Gasteiger partial charge >= 0.3 is 0 Å². The minimum Gasteiger partial charge on any atom is -0.364 e. The van der Waals surface area contributed by atoms with Gasteiger partial charge in [-0.25, -0.2) is 9.97 Å². The number of aryl methyl sites for hydroxylation is 1. The number of aromatic nitrogens is 2. The molecule has 0 aliphatic heterocycles. The molecule has 5 nitrogen and oxygen atoms in total. The van der Waals surface area contributed by atoms with Crippen molar-refractivity contribution in [1.29, 1.82) is 0 Å². The zero-order valence-corrected chi connectivity index (χ0v) is 8.61. The predicted octanol–water partition coefficient (Wildman–Crippen LogP) is 0.204. The van der Waals surface area contributed by atoms with Gasteiger partial charge < -0.3 is 10.6 Å². The third kappa shape index (κ3) is 1.99. The fraction of sp³-hybridized carbons (Fsp3) is 0.444. The van der Waals surface area contributed by atoms with Crippen LogP contribution in [0.3, 0.4) is 0 Å². The molecule has 76 valence electrons. The van der Waals surface area contributed by atoms with E-state index in [-0.39, 0.29) is 5.69 Å². The number of hydrogen-bond acceptors (Lipinski definition) is 4. The lowest BCUT2D eigenvalue weighted by molar-refractivity contribution is 0.0995. The number of nitrogens with zero attached hydrogens (tertiary/aromatic N) is 3. The molecule has 0 saturated carbocycles. The van der Waals surface area contributed by atoms with Gasteiger partial charge in [-0.05, 0) is 6.42 Å². The second kappa shape index (κ2) is 4.04. The van der Waals surface area contributed by atoms with Crippen LogP contribution in [0.25, 0.3) is 0 Å². The average molecular weight is 194 g/mol. The second-order valence-corrected chi connectivity index (χ2v) is 3.14. The van der Waals surface area contributed by atoms with Gasteiger partial charge in [0.25, 0.3) is 5.91 Å². The van der Waals surface area contributed by atoms with Gasteiger partial charge in [-0.2, -0.15) is 0 Å². The molecule has 0 aromatic carbocycles. The predicted molar refractivity (Wildman–Crippen MR) is 54.3 cm³/mol. The number of anilines is 1. The lowest BCUT2D eigenvalue weighted by Gasteiger charge is -2.14. The van der Waals surface area contributed by atoms with Crippen LogP contribution in [0.5, 0.6) is 0 Å².